The molecule has 4 heteroatoms. The lowest BCUT2D eigenvalue weighted by Gasteiger charge is -2.28. The molecule has 1 aromatic carbocycles. The van der Waals surface area contributed by atoms with Crippen molar-refractivity contribution in [2.45, 2.75) is 18.9 Å². The van der Waals surface area contributed by atoms with Crippen LogP contribution in [0, 0.1) is 0 Å². The first-order valence-electron chi connectivity index (χ1n) is 6.04. The van der Waals surface area contributed by atoms with Crippen molar-refractivity contribution in [1.82, 2.24) is 4.90 Å². The molecule has 1 rings (SSSR count). The first kappa shape index (κ1) is 14.8. The lowest BCUT2D eigenvalue weighted by Crippen LogP contribution is -2.33. The molecule has 0 saturated heterocycles. The highest BCUT2D eigenvalue weighted by Gasteiger charge is 2.21. The molecule has 0 aliphatic rings. The molecule has 0 fully saturated rings. The number of methoxy groups -OCH3 is 2. The second kappa shape index (κ2) is 6.61. The molecule has 1 N–H and O–H groups in total. The number of likely N-dealkylation sites (N-methyl/N-ethyl adjacent to an activating group) is 1. The highest BCUT2D eigenvalue weighted by molar-refractivity contribution is 5.44. The van der Waals surface area contributed by atoms with Gasteiger partial charge in [0.05, 0.1) is 20.8 Å². The van der Waals surface area contributed by atoms with Gasteiger partial charge in [-0.1, -0.05) is 6.07 Å². The predicted octanol–water partition coefficient (Wildman–Crippen LogP) is 1.73. The van der Waals surface area contributed by atoms with E-state index < -0.39 is 0 Å². The van der Waals surface area contributed by atoms with Gasteiger partial charge in [-0.25, -0.2) is 0 Å². The van der Waals surface area contributed by atoms with Gasteiger partial charge in [-0.3, -0.25) is 0 Å². The summed E-state index contributed by atoms with van der Waals surface area (Å²) >= 11 is 0. The summed E-state index contributed by atoms with van der Waals surface area (Å²) < 4.78 is 10.5. The first-order chi connectivity index (χ1) is 8.54. The molecular formula is C14H23NO3. The molecule has 0 amide bonds. The number of nitrogens with zero attached hydrogens (tertiary/aromatic N) is 1. The molecule has 0 aliphatic carbocycles. The standard InChI is InChI=1S/C14H23NO3/c1-10(15(2)3)12(9-16)11-6-7-13(17-4)14(8-11)18-5/h6-8,10,12,16H,9H2,1-5H3. The molecule has 0 aliphatic heterocycles. The van der Waals surface area contributed by atoms with Gasteiger partial charge in [-0.15, -0.1) is 0 Å². The minimum Gasteiger partial charge on any atom is -0.493 e. The third kappa shape index (κ3) is 3.15. The summed E-state index contributed by atoms with van der Waals surface area (Å²) in [5, 5.41) is 9.59. The molecular weight excluding hydrogens is 230 g/mol. The van der Waals surface area contributed by atoms with Crippen LogP contribution in [0.5, 0.6) is 11.5 Å². The number of benzene rings is 1. The van der Waals surface area contributed by atoms with Crippen LogP contribution in [-0.4, -0.2) is 51.0 Å². The van der Waals surface area contributed by atoms with Crippen LogP contribution in [0.2, 0.25) is 0 Å². The van der Waals surface area contributed by atoms with Gasteiger partial charge in [0.2, 0.25) is 0 Å². The van der Waals surface area contributed by atoms with Crippen molar-refractivity contribution in [3.63, 3.8) is 0 Å². The molecule has 18 heavy (non-hydrogen) atoms. The van der Waals surface area contributed by atoms with E-state index in [1.54, 1.807) is 14.2 Å². The number of aliphatic hydroxyl groups excluding tert-OH is 1. The van der Waals surface area contributed by atoms with Crippen molar-refractivity contribution in [3.8, 4) is 11.5 Å². The Kier molecular flexibility index (Phi) is 5.44. The number of hydrogen-bond donors (Lipinski definition) is 1. The summed E-state index contributed by atoms with van der Waals surface area (Å²) in [5.74, 6) is 1.45. The summed E-state index contributed by atoms with van der Waals surface area (Å²) in [6.07, 6.45) is 0. The monoisotopic (exact) mass is 253 g/mol. The van der Waals surface area contributed by atoms with Crippen LogP contribution in [0.4, 0.5) is 0 Å². The summed E-state index contributed by atoms with van der Waals surface area (Å²) in [6, 6.07) is 6.02. The average Bonchev–Trinajstić information content (AvgIpc) is 2.39. The minimum absolute atomic E-state index is 0.0554. The largest absolute Gasteiger partial charge is 0.493 e. The average molecular weight is 253 g/mol. The topological polar surface area (TPSA) is 41.9 Å². The molecule has 2 atom stereocenters. The molecule has 2 unspecified atom stereocenters. The van der Waals surface area contributed by atoms with Crippen LogP contribution in [0.3, 0.4) is 0 Å². The van der Waals surface area contributed by atoms with E-state index in [1.165, 1.54) is 0 Å². The van der Waals surface area contributed by atoms with Crippen LogP contribution >= 0.6 is 0 Å². The zero-order chi connectivity index (χ0) is 13.7. The molecule has 0 spiro atoms. The van der Waals surface area contributed by atoms with E-state index in [1.807, 2.05) is 32.3 Å². The molecule has 0 heterocycles. The van der Waals surface area contributed by atoms with Gasteiger partial charge in [0, 0.05) is 12.0 Å². The lowest BCUT2D eigenvalue weighted by atomic mass is 9.92. The third-order valence-electron chi connectivity index (χ3n) is 3.43. The summed E-state index contributed by atoms with van der Waals surface area (Å²) in [6.45, 7) is 2.20. The number of ether oxygens (including phenoxy) is 2. The molecule has 102 valence electrons. The van der Waals surface area contributed by atoms with Crippen molar-refractivity contribution >= 4 is 0 Å². The van der Waals surface area contributed by atoms with Crippen LogP contribution in [0.15, 0.2) is 18.2 Å². The fraction of sp³-hybridized carbons (Fsp3) is 0.571. The fourth-order valence-electron chi connectivity index (χ4n) is 1.98. The van der Waals surface area contributed by atoms with Gasteiger partial charge in [0.15, 0.2) is 11.5 Å². The smallest absolute Gasteiger partial charge is 0.160 e. The number of rotatable bonds is 6. The van der Waals surface area contributed by atoms with Crippen LogP contribution < -0.4 is 9.47 Å². The van der Waals surface area contributed by atoms with E-state index in [0.717, 1.165) is 5.56 Å². The van der Waals surface area contributed by atoms with Gasteiger partial charge >= 0.3 is 0 Å². The summed E-state index contributed by atoms with van der Waals surface area (Å²) in [5.41, 5.74) is 1.05. The normalized spacial score (nSPS) is 14.4. The van der Waals surface area contributed by atoms with Crippen molar-refractivity contribution in [2.24, 2.45) is 0 Å². The van der Waals surface area contributed by atoms with Gasteiger partial charge in [-0.2, -0.15) is 0 Å². The highest BCUT2D eigenvalue weighted by Crippen LogP contribution is 2.32. The minimum atomic E-state index is 0.0554. The Morgan fingerprint density at radius 1 is 1.17 bits per heavy atom. The van der Waals surface area contributed by atoms with E-state index in [2.05, 4.69) is 11.8 Å². The summed E-state index contributed by atoms with van der Waals surface area (Å²) in [7, 11) is 7.25. The van der Waals surface area contributed by atoms with Crippen molar-refractivity contribution in [3.05, 3.63) is 23.8 Å². The Bertz CT molecular complexity index is 379. The SMILES string of the molecule is COc1ccc(C(CO)C(C)N(C)C)cc1OC. The van der Waals surface area contributed by atoms with Crippen molar-refractivity contribution < 1.29 is 14.6 Å². The Morgan fingerprint density at radius 2 is 1.78 bits per heavy atom. The third-order valence-corrected chi connectivity index (χ3v) is 3.43. The second-order valence-corrected chi connectivity index (χ2v) is 4.61. The maximum atomic E-state index is 9.59. The Balaban J connectivity index is 3.07. The van der Waals surface area contributed by atoms with Crippen molar-refractivity contribution in [2.75, 3.05) is 34.9 Å². The lowest BCUT2D eigenvalue weighted by molar-refractivity contribution is 0.188. The number of aliphatic hydroxyl groups is 1. The Morgan fingerprint density at radius 3 is 2.22 bits per heavy atom. The van der Waals surface area contributed by atoms with Gasteiger partial charge in [0.1, 0.15) is 0 Å². The molecule has 0 bridgehead atoms. The first-order valence-corrected chi connectivity index (χ1v) is 6.04. The van der Waals surface area contributed by atoms with Crippen LogP contribution in [-0.2, 0) is 0 Å². The summed E-state index contributed by atoms with van der Waals surface area (Å²) in [4.78, 5) is 2.09. The van der Waals surface area contributed by atoms with E-state index >= 15 is 0 Å². The van der Waals surface area contributed by atoms with Crippen molar-refractivity contribution in [1.29, 1.82) is 0 Å². The Labute approximate surface area is 109 Å². The quantitative estimate of drug-likeness (QED) is 0.838. The highest BCUT2D eigenvalue weighted by atomic mass is 16.5. The van der Waals surface area contributed by atoms with E-state index in [-0.39, 0.29) is 18.6 Å². The fourth-order valence-corrected chi connectivity index (χ4v) is 1.98. The van der Waals surface area contributed by atoms with Crippen LogP contribution in [0.25, 0.3) is 0 Å². The molecule has 0 radical (unpaired) electrons. The number of hydrogen-bond acceptors (Lipinski definition) is 4. The van der Waals surface area contributed by atoms with E-state index in [9.17, 15) is 5.11 Å². The van der Waals surface area contributed by atoms with Gasteiger partial charge in [-0.05, 0) is 38.7 Å². The van der Waals surface area contributed by atoms with Crippen LogP contribution in [0.1, 0.15) is 18.4 Å². The maximum Gasteiger partial charge on any atom is 0.160 e. The van der Waals surface area contributed by atoms with E-state index in [4.69, 9.17) is 9.47 Å². The van der Waals surface area contributed by atoms with Gasteiger partial charge < -0.3 is 19.5 Å². The molecule has 1 aromatic rings. The molecule has 0 aromatic heterocycles. The maximum absolute atomic E-state index is 9.59. The second-order valence-electron chi connectivity index (χ2n) is 4.61. The zero-order valence-corrected chi connectivity index (χ0v) is 11.8. The van der Waals surface area contributed by atoms with E-state index in [0.29, 0.717) is 11.5 Å². The Hall–Kier alpha value is -1.26. The predicted molar refractivity (Wildman–Crippen MR) is 72.5 cm³/mol. The van der Waals surface area contributed by atoms with Gasteiger partial charge in [0.25, 0.3) is 0 Å². The molecule has 0 saturated carbocycles. The molecule has 4 nitrogen and oxygen atoms in total. The zero-order valence-electron chi connectivity index (χ0n) is 11.8.